The molecule has 23 heteroatoms. The molecule has 0 bridgehead atoms. The first-order chi connectivity index (χ1) is 23.7. The van der Waals surface area contributed by atoms with Crippen LogP contribution in [0.4, 0.5) is 27.5 Å². The molecule has 4 amide bonds. The van der Waals surface area contributed by atoms with Crippen LogP contribution in [0.25, 0.3) is 0 Å². The number of rotatable bonds is 14. The number of amides is 4. The average molecular weight is 770 g/mol. The fourth-order valence-electron chi connectivity index (χ4n) is 4.02. The highest BCUT2D eigenvalue weighted by Crippen LogP contribution is 2.37. The lowest BCUT2D eigenvalue weighted by atomic mass is 10.2. The molecule has 3 atom stereocenters. The topological polar surface area (TPSA) is 289 Å². The molecule has 4 rings (SSSR count). The quantitative estimate of drug-likeness (QED) is 0.0785. The molecule has 0 radical (unpaired) electrons. The molecule has 3 unspecified atom stereocenters. The first-order valence-corrected chi connectivity index (χ1v) is 18.5. The largest absolute Gasteiger partial charge is 0.427 e. The second kappa shape index (κ2) is 17.7. The van der Waals surface area contributed by atoms with Crippen LogP contribution in [0.5, 0.6) is 23.0 Å². The third kappa shape index (κ3) is 12.3. The maximum atomic E-state index is 12.8. The molecule has 0 saturated carbocycles. The number of anilines is 4. The Kier molecular flexibility index (Phi) is 13.5. The molecule has 0 saturated heterocycles. The van der Waals surface area contributed by atoms with Crippen molar-refractivity contribution >= 4 is 74.0 Å². The lowest BCUT2D eigenvalue weighted by Crippen LogP contribution is -2.19. The molecule has 0 aromatic heterocycles. The minimum Gasteiger partial charge on any atom is -0.427 e. The number of nitrogens with one attached hydrogen (secondary N) is 4. The number of hydrogen-bond donors (Lipinski definition) is 9. The molecule has 0 heterocycles. The monoisotopic (exact) mass is 770 g/mol. The second-order valence-electron chi connectivity index (χ2n) is 9.48. The molecule has 9 N–H and O–H groups in total. The van der Waals surface area contributed by atoms with Gasteiger partial charge < -0.3 is 63.8 Å². The molecular formula is C27H26N4O15P4. The van der Waals surface area contributed by atoms with Gasteiger partial charge in [-0.3, -0.25) is 9.59 Å². The Hall–Kier alpha value is -4.79. The van der Waals surface area contributed by atoms with Crippen molar-refractivity contribution in [3.63, 3.8) is 0 Å². The molecule has 0 aliphatic carbocycles. The minimum atomic E-state index is -3.42. The fourth-order valence-corrected chi connectivity index (χ4v) is 5.28. The van der Waals surface area contributed by atoms with Crippen molar-refractivity contribution in [2.75, 3.05) is 21.3 Å². The van der Waals surface area contributed by atoms with Crippen molar-refractivity contribution in [3.05, 3.63) is 96.1 Å². The van der Waals surface area contributed by atoms with E-state index in [4.69, 9.17) is 42.6 Å². The van der Waals surface area contributed by atoms with Crippen LogP contribution in [0.1, 0.15) is 20.7 Å². The van der Waals surface area contributed by atoms with E-state index in [9.17, 15) is 28.1 Å². The number of urea groups is 1. The Labute approximate surface area is 284 Å². The Morgan fingerprint density at radius 2 is 0.840 bits per heavy atom. The third-order valence-electron chi connectivity index (χ3n) is 5.89. The molecular weight excluding hydrogens is 744 g/mol. The van der Waals surface area contributed by atoms with E-state index in [0.717, 1.165) is 12.1 Å². The SMILES string of the molecule is O=C(Nc1ccc(C(=O)Nc2cc(OP(O)O)cc(O[PH](=O)O)c2)cc1)Nc1ccc(C(=O)Nc2cc(O[PH](=O)O)cc(O[PH](=O)O)c2)cc1. The molecule has 0 aliphatic heterocycles. The summed E-state index contributed by atoms with van der Waals surface area (Å²) in [6.07, 6.45) is 0. The van der Waals surface area contributed by atoms with E-state index in [1.54, 1.807) is 0 Å². The van der Waals surface area contributed by atoms with Gasteiger partial charge in [-0.1, -0.05) is 0 Å². The number of hydrogen-bond acceptors (Lipinski definition) is 12. The summed E-state index contributed by atoms with van der Waals surface area (Å²) in [5.41, 5.74) is 0.986. The van der Waals surface area contributed by atoms with Gasteiger partial charge in [0.2, 0.25) is 0 Å². The van der Waals surface area contributed by atoms with Crippen LogP contribution in [0, 0.1) is 0 Å². The van der Waals surface area contributed by atoms with E-state index in [0.29, 0.717) is 11.4 Å². The zero-order valence-electron chi connectivity index (χ0n) is 24.8. The van der Waals surface area contributed by atoms with Crippen molar-refractivity contribution in [2.24, 2.45) is 0 Å². The van der Waals surface area contributed by atoms with Gasteiger partial charge in [0.15, 0.2) is 0 Å². The number of carbonyl (C=O) groups is 3. The molecule has 50 heavy (non-hydrogen) atoms. The van der Waals surface area contributed by atoms with E-state index in [2.05, 4.69) is 21.3 Å². The zero-order valence-corrected chi connectivity index (χ0v) is 28.7. The zero-order chi connectivity index (χ0) is 36.4. The summed E-state index contributed by atoms with van der Waals surface area (Å²) in [5.74, 6) is -1.97. The lowest BCUT2D eigenvalue weighted by Gasteiger charge is -2.12. The molecule has 0 spiro atoms. The molecule has 4 aromatic rings. The van der Waals surface area contributed by atoms with Gasteiger partial charge in [0.05, 0.1) is 0 Å². The van der Waals surface area contributed by atoms with E-state index < -0.39 is 51.2 Å². The average Bonchev–Trinajstić information content (AvgIpc) is 3.00. The first kappa shape index (κ1) is 38.0. The van der Waals surface area contributed by atoms with E-state index in [1.165, 1.54) is 72.8 Å². The van der Waals surface area contributed by atoms with Gasteiger partial charge >= 0.3 is 39.4 Å². The van der Waals surface area contributed by atoms with Gasteiger partial charge in [-0.25, -0.2) is 18.5 Å². The summed E-state index contributed by atoms with van der Waals surface area (Å²) < 4.78 is 52.2. The first-order valence-electron chi connectivity index (χ1n) is 13.5. The van der Waals surface area contributed by atoms with E-state index >= 15 is 0 Å². The Morgan fingerprint density at radius 3 is 1.18 bits per heavy atom. The van der Waals surface area contributed by atoms with E-state index in [1.807, 2.05) is 0 Å². The van der Waals surface area contributed by atoms with Crippen LogP contribution in [-0.4, -0.2) is 42.3 Å². The maximum absolute atomic E-state index is 12.8. The summed E-state index contributed by atoms with van der Waals surface area (Å²) in [7, 11) is -13.1. The predicted molar refractivity (Wildman–Crippen MR) is 182 cm³/mol. The van der Waals surface area contributed by atoms with Gasteiger partial charge in [0.25, 0.3) is 11.8 Å². The Bertz CT molecular complexity index is 1910. The van der Waals surface area contributed by atoms with Gasteiger partial charge in [-0.2, -0.15) is 0 Å². The van der Waals surface area contributed by atoms with Crippen LogP contribution in [0.2, 0.25) is 0 Å². The van der Waals surface area contributed by atoms with Crippen molar-refractivity contribution in [1.82, 2.24) is 0 Å². The van der Waals surface area contributed by atoms with Crippen LogP contribution in [0.3, 0.4) is 0 Å². The standard InChI is InChI=1S/C27H26N4O15P4/c32-25(28-19-9-21(43-47(35)36)13-22(10-19)44-48(37)38)15-1-5-17(6-2-15)30-27(34)31-18-7-3-16(4-8-18)26(33)29-20-11-23(45-49(39)40)14-24(12-20)46-50(41)42/h1-14,35-36,48-50H,(H,28,32)(H,29,33)(H,37,38)(H,39,40)(H,41,42)(H2,30,31,34). The van der Waals surface area contributed by atoms with E-state index in [-0.39, 0.29) is 45.5 Å². The Morgan fingerprint density at radius 1 is 0.500 bits per heavy atom. The second-order valence-corrected chi connectivity index (χ2v) is 12.4. The minimum absolute atomic E-state index is 0.0311. The molecule has 4 aromatic carbocycles. The van der Waals surface area contributed by atoms with Crippen molar-refractivity contribution in [3.8, 4) is 23.0 Å². The molecule has 0 fully saturated rings. The van der Waals surface area contributed by atoms with Gasteiger partial charge in [-0.05, 0) is 48.5 Å². The lowest BCUT2D eigenvalue weighted by molar-refractivity contribution is 0.101. The number of benzene rings is 4. The third-order valence-corrected chi connectivity index (χ3v) is 7.49. The fraction of sp³-hybridized carbons (Fsp3) is 0. The van der Waals surface area contributed by atoms with Crippen molar-refractivity contribution in [2.45, 2.75) is 0 Å². The summed E-state index contributed by atoms with van der Waals surface area (Å²) in [6, 6.07) is 17.7. The van der Waals surface area contributed by atoms with Crippen LogP contribution < -0.4 is 39.4 Å². The highest BCUT2D eigenvalue weighted by atomic mass is 31.2. The summed E-state index contributed by atoms with van der Waals surface area (Å²) in [5, 5.41) is 10.2. The van der Waals surface area contributed by atoms with Crippen LogP contribution in [-0.2, 0) is 13.7 Å². The molecule has 264 valence electrons. The maximum Gasteiger partial charge on any atom is 0.391 e. The van der Waals surface area contributed by atoms with Gasteiger partial charge in [-0.15, -0.1) is 0 Å². The van der Waals surface area contributed by atoms with Gasteiger partial charge in [0, 0.05) is 70.3 Å². The summed E-state index contributed by atoms with van der Waals surface area (Å²) in [4.78, 5) is 83.5. The molecule has 0 aliphatic rings. The highest BCUT2D eigenvalue weighted by Gasteiger charge is 2.14. The van der Waals surface area contributed by atoms with Crippen molar-refractivity contribution in [1.29, 1.82) is 0 Å². The number of carbonyl (C=O) groups excluding carboxylic acids is 3. The summed E-state index contributed by atoms with van der Waals surface area (Å²) in [6.45, 7) is 0. The Balaban J connectivity index is 1.34. The van der Waals surface area contributed by atoms with Gasteiger partial charge in [0.1, 0.15) is 23.0 Å². The normalized spacial score (nSPS) is 12.5. The van der Waals surface area contributed by atoms with Crippen LogP contribution >= 0.6 is 33.4 Å². The smallest absolute Gasteiger partial charge is 0.391 e. The van der Waals surface area contributed by atoms with Crippen LogP contribution in [0.15, 0.2) is 84.9 Å². The molecule has 19 nitrogen and oxygen atoms in total. The predicted octanol–water partition coefficient (Wildman–Crippen LogP) is 4.71. The highest BCUT2D eigenvalue weighted by molar-refractivity contribution is 7.39. The van der Waals surface area contributed by atoms with Crippen molar-refractivity contribution < 1.29 is 70.6 Å². The summed E-state index contributed by atoms with van der Waals surface area (Å²) >= 11 is 0.